The van der Waals surface area contributed by atoms with E-state index >= 15 is 0 Å². The van der Waals surface area contributed by atoms with Crippen molar-refractivity contribution in [1.29, 1.82) is 0 Å². The highest BCUT2D eigenvalue weighted by molar-refractivity contribution is 7.89. The molecule has 0 amide bonds. The summed E-state index contributed by atoms with van der Waals surface area (Å²) in [5.41, 5.74) is 0.446. The summed E-state index contributed by atoms with van der Waals surface area (Å²) in [7, 11) is -1.96. The van der Waals surface area contributed by atoms with Crippen molar-refractivity contribution in [1.82, 2.24) is 4.31 Å². The first-order chi connectivity index (χ1) is 8.78. The van der Waals surface area contributed by atoms with Gasteiger partial charge < -0.3 is 0 Å². The van der Waals surface area contributed by atoms with E-state index < -0.39 is 10.0 Å². The summed E-state index contributed by atoms with van der Waals surface area (Å²) >= 11 is 0. The van der Waals surface area contributed by atoms with Crippen molar-refractivity contribution in [2.24, 2.45) is 5.92 Å². The monoisotopic (exact) mass is 283 g/mol. The lowest BCUT2D eigenvalue weighted by molar-refractivity contribution is 0.0988. The van der Waals surface area contributed by atoms with Crippen molar-refractivity contribution in [3.05, 3.63) is 29.8 Å². The van der Waals surface area contributed by atoms with E-state index in [4.69, 9.17) is 0 Å². The summed E-state index contributed by atoms with van der Waals surface area (Å²) in [6.45, 7) is 6.13. The predicted octanol–water partition coefficient (Wildman–Crippen LogP) is 2.56. The van der Waals surface area contributed by atoms with Crippen molar-refractivity contribution in [3.63, 3.8) is 0 Å². The minimum absolute atomic E-state index is 0.0523. The molecule has 1 aromatic rings. The second-order valence-electron chi connectivity index (χ2n) is 4.98. The lowest BCUT2D eigenvalue weighted by Gasteiger charge is -2.19. The fourth-order valence-electron chi connectivity index (χ4n) is 1.83. The largest absolute Gasteiger partial charge is 0.294 e. The van der Waals surface area contributed by atoms with Crippen LogP contribution < -0.4 is 0 Å². The second-order valence-corrected chi connectivity index (χ2v) is 7.03. The Labute approximate surface area is 115 Å². The Morgan fingerprint density at radius 3 is 2.47 bits per heavy atom. The molecule has 0 fully saturated rings. The molecule has 1 aromatic carbocycles. The van der Waals surface area contributed by atoms with Crippen molar-refractivity contribution in [3.8, 4) is 0 Å². The molecule has 0 bridgehead atoms. The fourth-order valence-corrected chi connectivity index (χ4v) is 3.21. The molecule has 0 aliphatic heterocycles. The average molecular weight is 283 g/mol. The van der Waals surface area contributed by atoms with Crippen LogP contribution in [0.25, 0.3) is 0 Å². The zero-order valence-electron chi connectivity index (χ0n) is 11.9. The smallest absolute Gasteiger partial charge is 0.242 e. The maximum absolute atomic E-state index is 12.3. The normalized spacial score (nSPS) is 12.1. The summed E-state index contributed by atoms with van der Waals surface area (Å²) in [5.74, 6) is 0.198. The maximum Gasteiger partial charge on any atom is 0.242 e. The molecule has 0 aliphatic carbocycles. The highest BCUT2D eigenvalue weighted by Crippen LogP contribution is 2.17. The van der Waals surface area contributed by atoms with E-state index in [0.29, 0.717) is 18.5 Å². The standard InChI is InChI=1S/C14H21NO3S/c1-5-14(16)12-7-6-8-13(9-12)19(17,18)15(4)10-11(2)3/h6-9,11H,5,10H2,1-4H3. The van der Waals surface area contributed by atoms with Crippen LogP contribution in [-0.4, -0.2) is 32.1 Å². The van der Waals surface area contributed by atoms with Gasteiger partial charge in [-0.3, -0.25) is 4.79 Å². The van der Waals surface area contributed by atoms with Gasteiger partial charge in [0.25, 0.3) is 0 Å². The van der Waals surface area contributed by atoms with Gasteiger partial charge in [0.1, 0.15) is 0 Å². The van der Waals surface area contributed by atoms with E-state index in [1.807, 2.05) is 13.8 Å². The van der Waals surface area contributed by atoms with Crippen LogP contribution >= 0.6 is 0 Å². The molecule has 0 aliphatic rings. The molecule has 0 spiro atoms. The molecule has 0 aromatic heterocycles. The topological polar surface area (TPSA) is 54.5 Å². The fraction of sp³-hybridized carbons (Fsp3) is 0.500. The van der Waals surface area contributed by atoms with Crippen LogP contribution in [0.1, 0.15) is 37.6 Å². The van der Waals surface area contributed by atoms with Crippen LogP contribution in [0.15, 0.2) is 29.2 Å². The van der Waals surface area contributed by atoms with Gasteiger partial charge in [-0.15, -0.1) is 0 Å². The minimum Gasteiger partial charge on any atom is -0.294 e. The molecular formula is C14H21NO3S. The van der Waals surface area contributed by atoms with E-state index in [1.54, 1.807) is 26.1 Å². The highest BCUT2D eigenvalue weighted by Gasteiger charge is 2.22. The summed E-state index contributed by atoms with van der Waals surface area (Å²) in [6.07, 6.45) is 0.366. The van der Waals surface area contributed by atoms with Gasteiger partial charge in [-0.25, -0.2) is 12.7 Å². The van der Waals surface area contributed by atoms with Crippen molar-refractivity contribution >= 4 is 15.8 Å². The molecule has 106 valence electrons. The van der Waals surface area contributed by atoms with Crippen LogP contribution in [0.5, 0.6) is 0 Å². The lowest BCUT2D eigenvalue weighted by Crippen LogP contribution is -2.30. The van der Waals surface area contributed by atoms with Gasteiger partial charge in [-0.2, -0.15) is 0 Å². The average Bonchev–Trinajstić information content (AvgIpc) is 2.37. The number of hydrogen-bond acceptors (Lipinski definition) is 3. The third kappa shape index (κ3) is 3.88. The van der Waals surface area contributed by atoms with Crippen molar-refractivity contribution < 1.29 is 13.2 Å². The minimum atomic E-state index is -3.52. The number of carbonyl (C=O) groups is 1. The van der Waals surface area contributed by atoms with Gasteiger partial charge in [0.2, 0.25) is 10.0 Å². The Bertz CT molecular complexity index is 550. The number of benzene rings is 1. The van der Waals surface area contributed by atoms with Crippen molar-refractivity contribution in [2.45, 2.75) is 32.1 Å². The molecule has 19 heavy (non-hydrogen) atoms. The predicted molar refractivity (Wildman–Crippen MR) is 75.7 cm³/mol. The number of carbonyl (C=O) groups excluding carboxylic acids is 1. The summed E-state index contributed by atoms with van der Waals surface area (Å²) in [5, 5.41) is 0. The Kier molecular flexibility index (Phi) is 5.26. The van der Waals surface area contributed by atoms with Gasteiger partial charge in [0, 0.05) is 25.6 Å². The van der Waals surface area contributed by atoms with Crippen LogP contribution in [0.4, 0.5) is 0 Å². The molecule has 0 heterocycles. The van der Waals surface area contributed by atoms with Gasteiger partial charge in [0.15, 0.2) is 5.78 Å². The molecule has 5 heteroatoms. The number of nitrogens with zero attached hydrogens (tertiary/aromatic N) is 1. The van der Waals surface area contributed by atoms with Gasteiger partial charge in [-0.05, 0) is 18.1 Å². The summed E-state index contributed by atoms with van der Waals surface area (Å²) in [6, 6.07) is 6.24. The summed E-state index contributed by atoms with van der Waals surface area (Å²) in [4.78, 5) is 11.8. The third-order valence-corrected chi connectivity index (χ3v) is 4.63. The molecule has 0 N–H and O–H groups in total. The molecule has 0 unspecified atom stereocenters. The molecule has 4 nitrogen and oxygen atoms in total. The first kappa shape index (κ1) is 15.9. The van der Waals surface area contributed by atoms with Crippen molar-refractivity contribution in [2.75, 3.05) is 13.6 Å². The number of rotatable bonds is 6. The molecule has 0 saturated carbocycles. The first-order valence-electron chi connectivity index (χ1n) is 6.38. The molecule has 0 radical (unpaired) electrons. The Balaban J connectivity index is 3.11. The zero-order chi connectivity index (χ0) is 14.6. The highest BCUT2D eigenvalue weighted by atomic mass is 32.2. The lowest BCUT2D eigenvalue weighted by atomic mass is 10.1. The molecule has 1 rings (SSSR count). The van der Waals surface area contributed by atoms with Crippen LogP contribution in [-0.2, 0) is 10.0 Å². The Hall–Kier alpha value is -1.20. The van der Waals surface area contributed by atoms with Gasteiger partial charge in [0.05, 0.1) is 4.90 Å². The number of ketones is 1. The van der Waals surface area contributed by atoms with E-state index in [-0.39, 0.29) is 16.6 Å². The number of hydrogen-bond donors (Lipinski definition) is 0. The van der Waals surface area contributed by atoms with Gasteiger partial charge in [-0.1, -0.05) is 32.9 Å². The van der Waals surface area contributed by atoms with Crippen LogP contribution in [0.3, 0.4) is 0 Å². The quantitative estimate of drug-likeness (QED) is 0.754. The molecule has 0 saturated heterocycles. The first-order valence-corrected chi connectivity index (χ1v) is 7.82. The number of Topliss-reactive ketones (excluding diaryl/α,β-unsaturated/α-hetero) is 1. The van der Waals surface area contributed by atoms with E-state index in [9.17, 15) is 13.2 Å². The van der Waals surface area contributed by atoms with E-state index in [1.165, 1.54) is 16.4 Å². The van der Waals surface area contributed by atoms with E-state index in [2.05, 4.69) is 0 Å². The zero-order valence-corrected chi connectivity index (χ0v) is 12.7. The van der Waals surface area contributed by atoms with Crippen LogP contribution in [0, 0.1) is 5.92 Å². The Morgan fingerprint density at radius 2 is 1.95 bits per heavy atom. The molecular weight excluding hydrogens is 262 g/mol. The van der Waals surface area contributed by atoms with Gasteiger partial charge >= 0.3 is 0 Å². The van der Waals surface area contributed by atoms with Crippen LogP contribution in [0.2, 0.25) is 0 Å². The second kappa shape index (κ2) is 6.30. The third-order valence-electron chi connectivity index (χ3n) is 2.81. The summed E-state index contributed by atoms with van der Waals surface area (Å²) < 4.78 is 26.0. The molecule has 0 atom stereocenters. The number of sulfonamides is 1. The van der Waals surface area contributed by atoms with E-state index in [0.717, 1.165) is 0 Å². The SMILES string of the molecule is CCC(=O)c1cccc(S(=O)(=O)N(C)CC(C)C)c1. The maximum atomic E-state index is 12.3. The Morgan fingerprint density at radius 1 is 1.32 bits per heavy atom.